The number of H-pyrrole nitrogens is 1. The first kappa shape index (κ1) is 11.0. The molecule has 2 aromatic heterocycles. The van der Waals surface area contributed by atoms with Crippen molar-refractivity contribution in [1.29, 1.82) is 0 Å². The van der Waals surface area contributed by atoms with Crippen LogP contribution < -0.4 is 5.43 Å². The minimum atomic E-state index is -0.0779. The fraction of sp³-hybridized carbons (Fsp3) is 0. The first-order valence-corrected chi connectivity index (χ1v) is 6.28. The number of benzene rings is 2. The number of fused-ring (bicyclic) bond motifs is 2. The summed E-state index contributed by atoms with van der Waals surface area (Å²) in [6.07, 6.45) is 1.46. The number of para-hydroxylation sites is 3. The highest BCUT2D eigenvalue weighted by Gasteiger charge is 2.12. The highest BCUT2D eigenvalue weighted by molar-refractivity contribution is 5.83. The zero-order valence-electron chi connectivity index (χ0n) is 10.5. The largest absolute Gasteiger partial charge is 0.463 e. The van der Waals surface area contributed by atoms with Gasteiger partial charge in [-0.1, -0.05) is 24.3 Å². The highest BCUT2D eigenvalue weighted by atomic mass is 16.3. The molecule has 0 atom stereocenters. The molecule has 2 aromatic carbocycles. The molecule has 2 heterocycles. The molecule has 0 saturated carbocycles. The van der Waals surface area contributed by atoms with Crippen LogP contribution in [0.2, 0.25) is 0 Å². The van der Waals surface area contributed by atoms with E-state index >= 15 is 0 Å². The molecule has 0 unspecified atom stereocenters. The predicted octanol–water partition coefficient (Wildman–Crippen LogP) is 3.34. The molecule has 0 saturated heterocycles. The Morgan fingerprint density at radius 2 is 1.80 bits per heavy atom. The monoisotopic (exact) mass is 262 g/mol. The zero-order valence-corrected chi connectivity index (χ0v) is 10.5. The summed E-state index contributed by atoms with van der Waals surface area (Å²) in [6.45, 7) is 0. The Morgan fingerprint density at radius 1 is 1.00 bits per heavy atom. The van der Waals surface area contributed by atoms with E-state index in [9.17, 15) is 4.79 Å². The summed E-state index contributed by atoms with van der Waals surface area (Å²) in [5.41, 5.74) is 2.67. The van der Waals surface area contributed by atoms with E-state index in [1.807, 2.05) is 36.4 Å². The Bertz CT molecular complexity index is 949. The molecular formula is C16H10N2O2. The number of aromatic nitrogens is 2. The van der Waals surface area contributed by atoms with E-state index in [0.29, 0.717) is 22.4 Å². The molecule has 96 valence electrons. The standard InChI is InChI=1S/C16H10N2O2/c19-15-10-5-1-4-8-14(10)20-9-11(15)16-17-12-6-2-3-7-13(12)18-16/h1-9H,(H,17,18). The maximum atomic E-state index is 12.5. The van der Waals surface area contributed by atoms with E-state index in [1.165, 1.54) is 6.26 Å². The number of imidazole rings is 1. The van der Waals surface area contributed by atoms with Crippen LogP contribution in [0.25, 0.3) is 33.4 Å². The molecule has 4 aromatic rings. The smallest absolute Gasteiger partial charge is 0.203 e. The van der Waals surface area contributed by atoms with Gasteiger partial charge in [-0.15, -0.1) is 0 Å². The quantitative estimate of drug-likeness (QED) is 0.572. The van der Waals surface area contributed by atoms with E-state index in [0.717, 1.165) is 11.0 Å². The lowest BCUT2D eigenvalue weighted by Crippen LogP contribution is -2.05. The summed E-state index contributed by atoms with van der Waals surface area (Å²) in [6, 6.07) is 14.9. The van der Waals surface area contributed by atoms with Gasteiger partial charge in [0.2, 0.25) is 5.43 Å². The van der Waals surface area contributed by atoms with E-state index in [1.54, 1.807) is 12.1 Å². The van der Waals surface area contributed by atoms with Crippen molar-refractivity contribution >= 4 is 22.0 Å². The van der Waals surface area contributed by atoms with Crippen molar-refractivity contribution in [3.63, 3.8) is 0 Å². The van der Waals surface area contributed by atoms with Crippen LogP contribution in [0.4, 0.5) is 0 Å². The molecule has 0 fully saturated rings. The summed E-state index contributed by atoms with van der Waals surface area (Å²) >= 11 is 0. The third-order valence-electron chi connectivity index (χ3n) is 3.32. The van der Waals surface area contributed by atoms with Gasteiger partial charge in [-0.05, 0) is 24.3 Å². The van der Waals surface area contributed by atoms with E-state index in [4.69, 9.17) is 4.42 Å². The first-order valence-electron chi connectivity index (χ1n) is 6.28. The Labute approximate surface area is 113 Å². The van der Waals surface area contributed by atoms with Gasteiger partial charge in [-0.3, -0.25) is 4.79 Å². The summed E-state index contributed by atoms with van der Waals surface area (Å²) in [4.78, 5) is 20.1. The number of aromatic amines is 1. The van der Waals surface area contributed by atoms with Gasteiger partial charge in [-0.25, -0.2) is 4.98 Å². The lowest BCUT2D eigenvalue weighted by atomic mass is 10.1. The summed E-state index contributed by atoms with van der Waals surface area (Å²) in [5, 5.41) is 0.561. The minimum absolute atomic E-state index is 0.0779. The van der Waals surface area contributed by atoms with Crippen molar-refractivity contribution < 1.29 is 4.42 Å². The average Bonchev–Trinajstić information content (AvgIpc) is 2.91. The molecule has 4 heteroatoms. The van der Waals surface area contributed by atoms with Gasteiger partial charge >= 0.3 is 0 Å². The summed E-state index contributed by atoms with van der Waals surface area (Å²) < 4.78 is 5.51. The Morgan fingerprint density at radius 3 is 2.70 bits per heavy atom. The van der Waals surface area contributed by atoms with Gasteiger partial charge in [0, 0.05) is 0 Å². The highest BCUT2D eigenvalue weighted by Crippen LogP contribution is 2.20. The fourth-order valence-corrected chi connectivity index (χ4v) is 2.32. The molecule has 0 aliphatic rings. The van der Waals surface area contributed by atoms with Gasteiger partial charge in [0.1, 0.15) is 23.2 Å². The molecular weight excluding hydrogens is 252 g/mol. The van der Waals surface area contributed by atoms with Crippen LogP contribution in [-0.4, -0.2) is 9.97 Å². The van der Waals surface area contributed by atoms with Gasteiger partial charge in [-0.2, -0.15) is 0 Å². The number of hydrogen-bond donors (Lipinski definition) is 1. The predicted molar refractivity (Wildman–Crippen MR) is 77.6 cm³/mol. The summed E-state index contributed by atoms with van der Waals surface area (Å²) in [7, 11) is 0. The first-order chi connectivity index (χ1) is 9.83. The number of hydrogen-bond acceptors (Lipinski definition) is 3. The van der Waals surface area contributed by atoms with Gasteiger partial charge in [0.15, 0.2) is 0 Å². The molecule has 0 aliphatic carbocycles. The maximum absolute atomic E-state index is 12.5. The van der Waals surface area contributed by atoms with Crippen molar-refractivity contribution in [2.24, 2.45) is 0 Å². The van der Waals surface area contributed by atoms with Crippen molar-refractivity contribution in [2.45, 2.75) is 0 Å². The van der Waals surface area contributed by atoms with Crippen LogP contribution >= 0.6 is 0 Å². The second-order valence-corrected chi connectivity index (χ2v) is 4.58. The second kappa shape index (κ2) is 4.06. The lowest BCUT2D eigenvalue weighted by molar-refractivity contribution is 0.604. The zero-order chi connectivity index (χ0) is 13.5. The Kier molecular flexibility index (Phi) is 2.23. The topological polar surface area (TPSA) is 58.9 Å². The molecule has 4 rings (SSSR count). The van der Waals surface area contributed by atoms with Crippen LogP contribution in [-0.2, 0) is 0 Å². The molecule has 1 N–H and O–H groups in total. The molecule has 20 heavy (non-hydrogen) atoms. The summed E-state index contributed by atoms with van der Waals surface area (Å²) in [5.74, 6) is 0.533. The number of nitrogens with one attached hydrogen (secondary N) is 1. The molecule has 0 radical (unpaired) electrons. The fourth-order valence-electron chi connectivity index (χ4n) is 2.32. The van der Waals surface area contributed by atoms with E-state index in [2.05, 4.69) is 9.97 Å². The van der Waals surface area contributed by atoms with Crippen LogP contribution in [0.15, 0.2) is 64.0 Å². The molecule has 4 nitrogen and oxygen atoms in total. The number of nitrogens with zero attached hydrogens (tertiary/aromatic N) is 1. The van der Waals surface area contributed by atoms with E-state index < -0.39 is 0 Å². The third kappa shape index (κ3) is 1.55. The SMILES string of the molecule is O=c1c(-c2nc3ccccc3[nH]2)coc2ccccc12. The van der Waals surface area contributed by atoms with Crippen molar-refractivity contribution in [3.8, 4) is 11.4 Å². The molecule has 0 aliphatic heterocycles. The molecule has 0 bridgehead atoms. The van der Waals surface area contributed by atoms with Crippen LogP contribution in [0.5, 0.6) is 0 Å². The molecule has 0 spiro atoms. The second-order valence-electron chi connectivity index (χ2n) is 4.58. The van der Waals surface area contributed by atoms with Gasteiger partial charge in [0.05, 0.1) is 16.4 Å². The lowest BCUT2D eigenvalue weighted by Gasteiger charge is -1.98. The van der Waals surface area contributed by atoms with E-state index in [-0.39, 0.29) is 5.43 Å². The maximum Gasteiger partial charge on any atom is 0.203 e. The normalized spacial score (nSPS) is 11.2. The van der Waals surface area contributed by atoms with Gasteiger partial charge < -0.3 is 9.40 Å². The van der Waals surface area contributed by atoms with Crippen molar-refractivity contribution in [3.05, 3.63) is 65.0 Å². The Hall–Kier alpha value is -2.88. The van der Waals surface area contributed by atoms with Crippen LogP contribution in [0.3, 0.4) is 0 Å². The van der Waals surface area contributed by atoms with Crippen molar-refractivity contribution in [1.82, 2.24) is 9.97 Å². The van der Waals surface area contributed by atoms with Crippen LogP contribution in [0.1, 0.15) is 0 Å². The minimum Gasteiger partial charge on any atom is -0.463 e. The van der Waals surface area contributed by atoms with Crippen molar-refractivity contribution in [2.75, 3.05) is 0 Å². The van der Waals surface area contributed by atoms with Gasteiger partial charge in [0.25, 0.3) is 0 Å². The van der Waals surface area contributed by atoms with Crippen LogP contribution in [0, 0.1) is 0 Å². The average molecular weight is 262 g/mol. The Balaban J connectivity index is 2.02. The molecule has 0 amide bonds. The third-order valence-corrected chi connectivity index (χ3v) is 3.32. The number of rotatable bonds is 1.